The monoisotopic (exact) mass is 161 g/mol. The van der Waals surface area contributed by atoms with Crippen molar-refractivity contribution < 1.29 is 19.8 Å². The largest absolute Gasteiger partial charge is 0.479 e. The second kappa shape index (κ2) is 4.68. The quantitative estimate of drug-likeness (QED) is 0.491. The number of hydrogen-bond donors (Lipinski definition) is 3. The number of carboxylic acids is 1. The summed E-state index contributed by atoms with van der Waals surface area (Å²) in [5.41, 5.74) is 0. The minimum Gasteiger partial charge on any atom is -0.479 e. The highest BCUT2D eigenvalue weighted by Gasteiger charge is 2.16. The molecule has 0 saturated carbocycles. The summed E-state index contributed by atoms with van der Waals surface area (Å²) in [5.74, 6) is -1.83. The maximum Gasteiger partial charge on any atom is 0.333 e. The minimum absolute atomic E-state index is 0.386. The number of aliphatic hydroxyl groups excluding tert-OH is 1. The van der Waals surface area contributed by atoms with E-state index in [1.165, 1.54) is 0 Å². The Kier molecular flexibility index (Phi) is 4.21. The molecule has 64 valence electrons. The molecule has 0 bridgehead atoms. The van der Waals surface area contributed by atoms with Gasteiger partial charge in [-0.2, -0.15) is 0 Å². The molecule has 0 radical (unpaired) electrons. The third-order valence-electron chi connectivity index (χ3n) is 1.04. The van der Waals surface area contributed by atoms with Crippen LogP contribution in [0.15, 0.2) is 0 Å². The van der Waals surface area contributed by atoms with Crippen LogP contribution in [0.5, 0.6) is 0 Å². The fourth-order valence-electron chi connectivity index (χ4n) is 0.532. The smallest absolute Gasteiger partial charge is 0.333 e. The highest BCUT2D eigenvalue weighted by Crippen LogP contribution is 1.90. The molecule has 5 heteroatoms. The summed E-state index contributed by atoms with van der Waals surface area (Å²) in [5, 5.41) is 19.2. The molecule has 0 aromatic rings. The van der Waals surface area contributed by atoms with E-state index in [0.717, 1.165) is 0 Å². The Hall–Kier alpha value is -1.10. The van der Waals surface area contributed by atoms with Crippen LogP contribution in [0.2, 0.25) is 0 Å². The summed E-state index contributed by atoms with van der Waals surface area (Å²) in [6, 6.07) is 0. The van der Waals surface area contributed by atoms with E-state index in [2.05, 4.69) is 5.32 Å². The van der Waals surface area contributed by atoms with E-state index < -0.39 is 18.0 Å². The molecule has 0 aromatic carbocycles. The van der Waals surface area contributed by atoms with Crippen molar-refractivity contribution in [3.63, 3.8) is 0 Å². The molecule has 5 nitrogen and oxygen atoms in total. The highest BCUT2D eigenvalue weighted by atomic mass is 16.4. The molecular weight excluding hydrogens is 150 g/mol. The predicted molar refractivity (Wildman–Crippen MR) is 36.9 cm³/mol. The van der Waals surface area contributed by atoms with Crippen LogP contribution in [0.25, 0.3) is 0 Å². The van der Waals surface area contributed by atoms with Crippen molar-refractivity contribution in [3.05, 3.63) is 0 Å². The molecule has 1 atom stereocenters. The highest BCUT2D eigenvalue weighted by molar-refractivity contribution is 5.83. The standard InChI is InChI=1S/C6H11NO4/c1-2-7-5(9)3-4(8)6(10)11/h4,8H,2-3H2,1H3,(H,7,9)(H,10,11)/t4-/m1/s1. The van der Waals surface area contributed by atoms with Gasteiger partial charge in [0.25, 0.3) is 0 Å². The first-order valence-corrected chi connectivity index (χ1v) is 3.25. The van der Waals surface area contributed by atoms with Crippen LogP contribution in [0.3, 0.4) is 0 Å². The molecule has 0 aromatic heterocycles. The molecule has 0 unspecified atom stereocenters. The fraction of sp³-hybridized carbons (Fsp3) is 0.667. The first-order chi connectivity index (χ1) is 5.07. The van der Waals surface area contributed by atoms with Gasteiger partial charge in [-0.3, -0.25) is 4.79 Å². The summed E-state index contributed by atoms with van der Waals surface area (Å²) in [6.45, 7) is 2.15. The molecule has 0 fully saturated rings. The van der Waals surface area contributed by atoms with Crippen LogP contribution in [0.1, 0.15) is 13.3 Å². The number of rotatable bonds is 4. The molecule has 0 aliphatic heterocycles. The van der Waals surface area contributed by atoms with Gasteiger partial charge in [0.1, 0.15) is 0 Å². The minimum atomic E-state index is -1.60. The Bertz CT molecular complexity index is 157. The zero-order valence-corrected chi connectivity index (χ0v) is 6.20. The normalized spacial score (nSPS) is 12.2. The Morgan fingerprint density at radius 2 is 2.09 bits per heavy atom. The molecule has 3 N–H and O–H groups in total. The van der Waals surface area contributed by atoms with Gasteiger partial charge in [0.05, 0.1) is 6.42 Å². The number of carbonyl (C=O) groups is 2. The van der Waals surface area contributed by atoms with Gasteiger partial charge in [0.2, 0.25) is 5.91 Å². The Balaban J connectivity index is 3.66. The summed E-state index contributed by atoms with van der Waals surface area (Å²) in [4.78, 5) is 20.6. The summed E-state index contributed by atoms with van der Waals surface area (Å²) >= 11 is 0. The van der Waals surface area contributed by atoms with Gasteiger partial charge in [-0.15, -0.1) is 0 Å². The second-order valence-electron chi connectivity index (χ2n) is 2.01. The molecule has 0 aliphatic rings. The van der Waals surface area contributed by atoms with E-state index in [4.69, 9.17) is 10.2 Å². The molecule has 0 spiro atoms. The Labute approximate surface area is 64.0 Å². The number of carboxylic acid groups (broad SMARTS) is 1. The Morgan fingerprint density at radius 3 is 2.45 bits per heavy atom. The van der Waals surface area contributed by atoms with E-state index in [-0.39, 0.29) is 6.42 Å². The first-order valence-electron chi connectivity index (χ1n) is 3.25. The number of carbonyl (C=O) groups excluding carboxylic acids is 1. The molecule has 0 rings (SSSR count). The lowest BCUT2D eigenvalue weighted by Gasteiger charge is -2.04. The lowest BCUT2D eigenvalue weighted by atomic mass is 10.2. The first kappa shape index (κ1) is 9.90. The van der Waals surface area contributed by atoms with Crippen LogP contribution < -0.4 is 5.32 Å². The van der Waals surface area contributed by atoms with Crippen molar-refractivity contribution in [3.8, 4) is 0 Å². The zero-order chi connectivity index (χ0) is 8.85. The van der Waals surface area contributed by atoms with Gasteiger partial charge in [0.15, 0.2) is 6.10 Å². The van der Waals surface area contributed by atoms with E-state index in [1.807, 2.05) is 0 Å². The van der Waals surface area contributed by atoms with Crippen LogP contribution >= 0.6 is 0 Å². The van der Waals surface area contributed by atoms with E-state index in [9.17, 15) is 9.59 Å². The van der Waals surface area contributed by atoms with Gasteiger partial charge in [-0.1, -0.05) is 0 Å². The van der Waals surface area contributed by atoms with Crippen molar-refractivity contribution in [1.29, 1.82) is 0 Å². The van der Waals surface area contributed by atoms with Gasteiger partial charge in [-0.25, -0.2) is 4.79 Å². The second-order valence-corrected chi connectivity index (χ2v) is 2.01. The van der Waals surface area contributed by atoms with Crippen LogP contribution in [0.4, 0.5) is 0 Å². The van der Waals surface area contributed by atoms with Gasteiger partial charge >= 0.3 is 5.97 Å². The molecule has 0 saturated heterocycles. The van der Waals surface area contributed by atoms with Gasteiger partial charge in [-0.05, 0) is 6.92 Å². The summed E-state index contributed by atoms with van der Waals surface area (Å²) < 4.78 is 0. The number of amides is 1. The number of aliphatic hydroxyl groups is 1. The topological polar surface area (TPSA) is 86.6 Å². The summed E-state index contributed by atoms with van der Waals surface area (Å²) in [7, 11) is 0. The van der Waals surface area contributed by atoms with Crippen molar-refractivity contribution >= 4 is 11.9 Å². The van der Waals surface area contributed by atoms with Crippen molar-refractivity contribution in [2.45, 2.75) is 19.4 Å². The van der Waals surface area contributed by atoms with Gasteiger partial charge in [0, 0.05) is 6.54 Å². The number of nitrogens with one attached hydrogen (secondary N) is 1. The van der Waals surface area contributed by atoms with Crippen molar-refractivity contribution in [1.82, 2.24) is 5.32 Å². The van der Waals surface area contributed by atoms with E-state index in [1.54, 1.807) is 6.92 Å². The Morgan fingerprint density at radius 1 is 1.55 bits per heavy atom. The molecule has 11 heavy (non-hydrogen) atoms. The third kappa shape index (κ3) is 4.32. The van der Waals surface area contributed by atoms with Crippen molar-refractivity contribution in [2.75, 3.05) is 6.54 Å². The van der Waals surface area contributed by atoms with Crippen LogP contribution in [-0.2, 0) is 9.59 Å². The van der Waals surface area contributed by atoms with E-state index >= 15 is 0 Å². The zero-order valence-electron chi connectivity index (χ0n) is 6.20. The molecule has 0 heterocycles. The lowest BCUT2D eigenvalue weighted by molar-refractivity contribution is -0.149. The van der Waals surface area contributed by atoms with Crippen LogP contribution in [-0.4, -0.2) is 34.7 Å². The van der Waals surface area contributed by atoms with Crippen LogP contribution in [0, 0.1) is 0 Å². The number of aliphatic carboxylic acids is 1. The van der Waals surface area contributed by atoms with Crippen molar-refractivity contribution in [2.24, 2.45) is 0 Å². The molecule has 0 aliphatic carbocycles. The maximum atomic E-state index is 10.6. The lowest BCUT2D eigenvalue weighted by Crippen LogP contribution is -2.30. The third-order valence-corrected chi connectivity index (χ3v) is 1.04. The fourth-order valence-corrected chi connectivity index (χ4v) is 0.532. The molecule has 1 amide bonds. The average molecular weight is 161 g/mol. The van der Waals surface area contributed by atoms with E-state index in [0.29, 0.717) is 6.54 Å². The maximum absolute atomic E-state index is 10.6. The number of hydrogen-bond acceptors (Lipinski definition) is 3. The average Bonchev–Trinajstić information content (AvgIpc) is 1.87. The summed E-state index contributed by atoms with van der Waals surface area (Å²) in [6.07, 6.45) is -1.98. The predicted octanol–water partition coefficient (Wildman–Crippen LogP) is -1.04. The SMILES string of the molecule is CCNC(=O)C[C@@H](O)C(=O)O. The van der Waals surface area contributed by atoms with Gasteiger partial charge < -0.3 is 15.5 Å². The molecular formula is C6H11NO4.